The standard InChI is InChI=1S/C14H24N2O2S/c1-5-8-15-13(17)7-10-19-11-9-16(12(3)4)14(18)6-2/h1,12H,6-11H2,2-4H3,(H,15,17). The molecule has 0 atom stereocenters. The van der Waals surface area contributed by atoms with E-state index in [0.717, 1.165) is 18.1 Å². The Morgan fingerprint density at radius 2 is 2.05 bits per heavy atom. The lowest BCUT2D eigenvalue weighted by molar-refractivity contribution is -0.132. The van der Waals surface area contributed by atoms with Gasteiger partial charge in [0, 0.05) is 36.9 Å². The lowest BCUT2D eigenvalue weighted by Crippen LogP contribution is -2.38. The lowest BCUT2D eigenvalue weighted by Gasteiger charge is -2.26. The minimum absolute atomic E-state index is 0.0178. The third-order valence-electron chi connectivity index (χ3n) is 2.58. The minimum atomic E-state index is -0.0178. The second-order valence-electron chi connectivity index (χ2n) is 4.38. The largest absolute Gasteiger partial charge is 0.345 e. The molecule has 0 spiro atoms. The molecular weight excluding hydrogens is 260 g/mol. The van der Waals surface area contributed by atoms with Crippen molar-refractivity contribution in [3.05, 3.63) is 0 Å². The van der Waals surface area contributed by atoms with Crippen LogP contribution >= 0.6 is 11.8 Å². The van der Waals surface area contributed by atoms with Gasteiger partial charge >= 0.3 is 0 Å². The Morgan fingerprint density at radius 1 is 1.37 bits per heavy atom. The fourth-order valence-corrected chi connectivity index (χ4v) is 2.40. The van der Waals surface area contributed by atoms with Crippen molar-refractivity contribution >= 4 is 23.6 Å². The molecule has 0 heterocycles. The predicted octanol–water partition coefficient (Wildman–Crippen LogP) is 1.51. The van der Waals surface area contributed by atoms with Crippen LogP contribution in [-0.2, 0) is 9.59 Å². The Bertz CT molecular complexity index is 324. The summed E-state index contributed by atoms with van der Waals surface area (Å²) in [5.41, 5.74) is 0. The highest BCUT2D eigenvalue weighted by Gasteiger charge is 2.14. The van der Waals surface area contributed by atoms with E-state index in [1.165, 1.54) is 0 Å². The molecule has 0 radical (unpaired) electrons. The smallest absolute Gasteiger partial charge is 0.222 e. The summed E-state index contributed by atoms with van der Waals surface area (Å²) in [6, 6.07) is 0.229. The van der Waals surface area contributed by atoms with Crippen LogP contribution in [0.15, 0.2) is 0 Å². The molecular formula is C14H24N2O2S. The van der Waals surface area contributed by atoms with E-state index in [9.17, 15) is 9.59 Å². The first kappa shape index (κ1) is 17.8. The molecule has 0 aliphatic heterocycles. The van der Waals surface area contributed by atoms with Crippen molar-refractivity contribution in [2.24, 2.45) is 0 Å². The molecule has 0 aromatic heterocycles. The maximum Gasteiger partial charge on any atom is 0.222 e. The molecule has 0 saturated heterocycles. The Hall–Kier alpha value is -1.15. The number of terminal acetylenes is 1. The number of carbonyl (C=O) groups excluding carboxylic acids is 2. The first-order valence-electron chi connectivity index (χ1n) is 6.60. The maximum atomic E-state index is 11.7. The van der Waals surface area contributed by atoms with Crippen molar-refractivity contribution in [2.75, 3.05) is 24.6 Å². The zero-order valence-corrected chi connectivity index (χ0v) is 12.9. The fraction of sp³-hybridized carbons (Fsp3) is 0.714. The number of thioether (sulfide) groups is 1. The van der Waals surface area contributed by atoms with Gasteiger partial charge in [0.25, 0.3) is 0 Å². The highest BCUT2D eigenvalue weighted by molar-refractivity contribution is 7.99. The van der Waals surface area contributed by atoms with Gasteiger partial charge in [-0.05, 0) is 13.8 Å². The third kappa shape index (κ3) is 8.55. The first-order valence-corrected chi connectivity index (χ1v) is 7.75. The molecule has 5 heteroatoms. The van der Waals surface area contributed by atoms with Crippen molar-refractivity contribution in [1.29, 1.82) is 0 Å². The van der Waals surface area contributed by atoms with Crippen LogP contribution in [-0.4, -0.2) is 47.4 Å². The maximum absolute atomic E-state index is 11.7. The first-order chi connectivity index (χ1) is 9.02. The lowest BCUT2D eigenvalue weighted by atomic mass is 10.3. The summed E-state index contributed by atoms with van der Waals surface area (Å²) in [6.45, 7) is 6.94. The van der Waals surface area contributed by atoms with Crippen molar-refractivity contribution in [3.8, 4) is 12.3 Å². The summed E-state index contributed by atoms with van der Waals surface area (Å²) in [7, 11) is 0. The van der Waals surface area contributed by atoms with Crippen molar-refractivity contribution in [1.82, 2.24) is 10.2 Å². The van der Waals surface area contributed by atoms with E-state index in [1.54, 1.807) is 11.8 Å². The van der Waals surface area contributed by atoms with E-state index in [0.29, 0.717) is 12.8 Å². The molecule has 0 aromatic rings. The highest BCUT2D eigenvalue weighted by Crippen LogP contribution is 2.07. The molecule has 0 fully saturated rings. The molecule has 0 rings (SSSR count). The number of amides is 2. The molecule has 2 amide bonds. The number of hydrogen-bond acceptors (Lipinski definition) is 3. The normalized spacial score (nSPS) is 10.1. The van der Waals surface area contributed by atoms with Gasteiger partial charge in [-0.3, -0.25) is 9.59 Å². The molecule has 19 heavy (non-hydrogen) atoms. The van der Waals surface area contributed by atoms with Gasteiger partial charge in [0.1, 0.15) is 0 Å². The predicted molar refractivity (Wildman–Crippen MR) is 80.9 cm³/mol. The summed E-state index contributed by atoms with van der Waals surface area (Å²) in [5, 5.41) is 2.62. The third-order valence-corrected chi connectivity index (χ3v) is 3.55. The molecule has 0 aliphatic rings. The molecule has 0 bridgehead atoms. The molecule has 0 unspecified atom stereocenters. The second kappa shape index (κ2) is 10.7. The van der Waals surface area contributed by atoms with Crippen LogP contribution < -0.4 is 5.32 Å². The summed E-state index contributed by atoms with van der Waals surface area (Å²) < 4.78 is 0. The van der Waals surface area contributed by atoms with Gasteiger partial charge in [0.2, 0.25) is 11.8 Å². The van der Waals surface area contributed by atoms with Gasteiger partial charge < -0.3 is 10.2 Å². The van der Waals surface area contributed by atoms with E-state index in [1.807, 2.05) is 25.7 Å². The van der Waals surface area contributed by atoms with Crippen molar-refractivity contribution in [2.45, 2.75) is 39.7 Å². The van der Waals surface area contributed by atoms with Gasteiger partial charge in [0.15, 0.2) is 0 Å². The van der Waals surface area contributed by atoms with Gasteiger partial charge in [-0.25, -0.2) is 0 Å². The monoisotopic (exact) mass is 284 g/mol. The second-order valence-corrected chi connectivity index (χ2v) is 5.60. The van der Waals surface area contributed by atoms with Crippen LogP contribution in [0.4, 0.5) is 0 Å². The van der Waals surface area contributed by atoms with Crippen molar-refractivity contribution in [3.63, 3.8) is 0 Å². The van der Waals surface area contributed by atoms with E-state index in [2.05, 4.69) is 11.2 Å². The zero-order valence-electron chi connectivity index (χ0n) is 12.1. The number of nitrogens with one attached hydrogen (secondary N) is 1. The van der Waals surface area contributed by atoms with Gasteiger partial charge in [0.05, 0.1) is 6.54 Å². The number of rotatable bonds is 9. The summed E-state index contributed by atoms with van der Waals surface area (Å²) >= 11 is 1.68. The van der Waals surface area contributed by atoms with Crippen LogP contribution in [0.2, 0.25) is 0 Å². The van der Waals surface area contributed by atoms with Crippen LogP contribution in [0.25, 0.3) is 0 Å². The van der Waals surface area contributed by atoms with Crippen LogP contribution in [0, 0.1) is 12.3 Å². The van der Waals surface area contributed by atoms with Crippen LogP contribution in [0.1, 0.15) is 33.6 Å². The molecule has 0 aliphatic carbocycles. The Balaban J connectivity index is 3.75. The summed E-state index contributed by atoms with van der Waals surface area (Å²) in [5.74, 6) is 4.13. The average Bonchev–Trinajstić information content (AvgIpc) is 2.39. The van der Waals surface area contributed by atoms with E-state index in [-0.39, 0.29) is 24.4 Å². The molecule has 108 valence electrons. The fourth-order valence-electron chi connectivity index (χ4n) is 1.54. The van der Waals surface area contributed by atoms with E-state index >= 15 is 0 Å². The number of carbonyl (C=O) groups is 2. The topological polar surface area (TPSA) is 49.4 Å². The summed E-state index contributed by atoms with van der Waals surface area (Å²) in [6.07, 6.45) is 6.06. The quantitative estimate of drug-likeness (QED) is 0.516. The van der Waals surface area contributed by atoms with Crippen molar-refractivity contribution < 1.29 is 9.59 Å². The Kier molecular flexibility index (Phi) is 10.1. The van der Waals surface area contributed by atoms with Crippen LogP contribution in [0.3, 0.4) is 0 Å². The number of nitrogens with zero attached hydrogens (tertiary/aromatic N) is 1. The van der Waals surface area contributed by atoms with E-state index in [4.69, 9.17) is 6.42 Å². The Morgan fingerprint density at radius 3 is 2.58 bits per heavy atom. The highest BCUT2D eigenvalue weighted by atomic mass is 32.2. The molecule has 0 saturated carbocycles. The minimum Gasteiger partial charge on any atom is -0.345 e. The average molecular weight is 284 g/mol. The molecule has 4 nitrogen and oxygen atoms in total. The van der Waals surface area contributed by atoms with Gasteiger partial charge in [-0.1, -0.05) is 12.8 Å². The number of hydrogen-bond donors (Lipinski definition) is 1. The van der Waals surface area contributed by atoms with E-state index < -0.39 is 0 Å². The SMILES string of the molecule is C#CCNC(=O)CCSCCN(C(=O)CC)C(C)C. The summed E-state index contributed by atoms with van der Waals surface area (Å²) in [4.78, 5) is 24.8. The van der Waals surface area contributed by atoms with Gasteiger partial charge in [-0.2, -0.15) is 11.8 Å². The molecule has 1 N–H and O–H groups in total. The Labute approximate surface area is 120 Å². The van der Waals surface area contributed by atoms with Crippen LogP contribution in [0.5, 0.6) is 0 Å². The zero-order chi connectivity index (χ0) is 14.7. The van der Waals surface area contributed by atoms with Gasteiger partial charge in [-0.15, -0.1) is 6.42 Å². The molecule has 0 aromatic carbocycles.